The number of aryl methyl sites for hydroxylation is 1. The number of rotatable bonds is 7. The number of benzene rings is 2. The number of nitrogens with one attached hydrogen (secondary N) is 1. The first kappa shape index (κ1) is 18.6. The maximum absolute atomic E-state index is 11.4. The topological polar surface area (TPSA) is 71.3 Å². The minimum atomic E-state index is -0.336. The molecule has 5 nitrogen and oxygen atoms in total. The number of nitrogens with zero attached hydrogens (tertiary/aromatic N) is 1. The Kier molecular flexibility index (Phi) is 6.67. The van der Waals surface area contributed by atoms with E-state index in [1.165, 1.54) is 12.7 Å². The average Bonchev–Trinajstić information content (AvgIpc) is 2.60. The van der Waals surface area contributed by atoms with Gasteiger partial charge in [0.15, 0.2) is 11.5 Å². The Morgan fingerprint density at radius 2 is 1.96 bits per heavy atom. The van der Waals surface area contributed by atoms with Gasteiger partial charge in [0.05, 0.1) is 18.2 Å². The number of hydrogen-bond donors (Lipinski definition) is 1. The molecule has 0 aliphatic heterocycles. The molecule has 0 radical (unpaired) electrons. The SMILES string of the molecule is COc1cc(CNC(=O)CC#N)cc(Cl)c1OCc1ccc(C)cc1. The van der Waals surface area contributed by atoms with Crippen molar-refractivity contribution < 1.29 is 14.3 Å². The highest BCUT2D eigenvalue weighted by atomic mass is 35.5. The minimum Gasteiger partial charge on any atom is -0.493 e. The maximum Gasteiger partial charge on any atom is 0.234 e. The van der Waals surface area contributed by atoms with Crippen LogP contribution in [0.3, 0.4) is 0 Å². The highest BCUT2D eigenvalue weighted by molar-refractivity contribution is 6.32. The normalized spacial score (nSPS) is 10.0. The zero-order valence-electron chi connectivity index (χ0n) is 14.1. The highest BCUT2D eigenvalue weighted by Gasteiger charge is 2.13. The van der Waals surface area contributed by atoms with Crippen molar-refractivity contribution >= 4 is 17.5 Å². The first-order chi connectivity index (χ1) is 12.0. The fraction of sp³-hybridized carbons (Fsp3) is 0.263. The van der Waals surface area contributed by atoms with E-state index in [1.54, 1.807) is 18.2 Å². The summed E-state index contributed by atoms with van der Waals surface area (Å²) in [7, 11) is 1.53. The van der Waals surface area contributed by atoms with E-state index in [9.17, 15) is 4.79 Å². The summed E-state index contributed by atoms with van der Waals surface area (Å²) in [6.07, 6.45) is -0.178. The molecule has 0 fully saturated rings. The molecule has 25 heavy (non-hydrogen) atoms. The van der Waals surface area contributed by atoms with E-state index >= 15 is 0 Å². The number of ether oxygens (including phenoxy) is 2. The van der Waals surface area contributed by atoms with Gasteiger partial charge in [-0.05, 0) is 30.2 Å². The predicted octanol–water partition coefficient (Wildman–Crippen LogP) is 3.77. The molecule has 0 heterocycles. The molecule has 1 amide bonds. The van der Waals surface area contributed by atoms with Gasteiger partial charge in [-0.25, -0.2) is 0 Å². The van der Waals surface area contributed by atoms with Crippen LogP contribution in [-0.2, 0) is 17.9 Å². The second-order valence-corrected chi connectivity index (χ2v) is 5.90. The lowest BCUT2D eigenvalue weighted by atomic mass is 10.1. The molecule has 2 aromatic rings. The van der Waals surface area contributed by atoms with Crippen molar-refractivity contribution in [2.45, 2.75) is 26.5 Å². The molecule has 0 aliphatic rings. The molecule has 0 saturated carbocycles. The average molecular weight is 359 g/mol. The summed E-state index contributed by atoms with van der Waals surface area (Å²) >= 11 is 6.31. The lowest BCUT2D eigenvalue weighted by Crippen LogP contribution is -2.21. The molecular weight excluding hydrogens is 340 g/mol. The van der Waals surface area contributed by atoms with Gasteiger partial charge in [-0.2, -0.15) is 5.26 Å². The lowest BCUT2D eigenvalue weighted by Gasteiger charge is -2.14. The molecule has 0 spiro atoms. The van der Waals surface area contributed by atoms with Gasteiger partial charge in [-0.1, -0.05) is 41.4 Å². The Hall–Kier alpha value is -2.71. The number of carbonyl (C=O) groups is 1. The van der Waals surface area contributed by atoms with E-state index in [0.29, 0.717) is 23.1 Å². The maximum atomic E-state index is 11.4. The van der Waals surface area contributed by atoms with Crippen LogP contribution in [0.2, 0.25) is 5.02 Å². The molecule has 0 saturated heterocycles. The first-order valence-electron chi connectivity index (χ1n) is 7.72. The molecule has 0 bridgehead atoms. The van der Waals surface area contributed by atoms with Gasteiger partial charge < -0.3 is 14.8 Å². The third-order valence-electron chi connectivity index (χ3n) is 3.52. The van der Waals surface area contributed by atoms with Crippen LogP contribution < -0.4 is 14.8 Å². The summed E-state index contributed by atoms with van der Waals surface area (Å²) < 4.78 is 11.2. The van der Waals surface area contributed by atoms with Crippen LogP contribution in [0.1, 0.15) is 23.1 Å². The molecule has 0 atom stereocenters. The largest absolute Gasteiger partial charge is 0.493 e. The smallest absolute Gasteiger partial charge is 0.234 e. The quantitative estimate of drug-likeness (QED) is 0.817. The summed E-state index contributed by atoms with van der Waals surface area (Å²) in [5.74, 6) is 0.610. The monoisotopic (exact) mass is 358 g/mol. The molecular formula is C19H19ClN2O3. The van der Waals surface area contributed by atoms with Crippen LogP contribution in [0.25, 0.3) is 0 Å². The van der Waals surface area contributed by atoms with Gasteiger partial charge in [0, 0.05) is 6.54 Å². The summed E-state index contributed by atoms with van der Waals surface area (Å²) in [5.41, 5.74) is 2.97. The molecule has 0 aromatic heterocycles. The zero-order chi connectivity index (χ0) is 18.2. The molecule has 1 N–H and O–H groups in total. The Bertz CT molecular complexity index is 782. The first-order valence-corrected chi connectivity index (χ1v) is 8.09. The van der Waals surface area contributed by atoms with Crippen LogP contribution in [-0.4, -0.2) is 13.0 Å². The van der Waals surface area contributed by atoms with Crippen molar-refractivity contribution in [2.75, 3.05) is 7.11 Å². The minimum absolute atomic E-state index is 0.178. The number of halogens is 1. The predicted molar refractivity (Wildman–Crippen MR) is 95.6 cm³/mol. The van der Waals surface area contributed by atoms with Gasteiger partial charge in [0.2, 0.25) is 5.91 Å². The van der Waals surface area contributed by atoms with Crippen molar-refractivity contribution in [3.63, 3.8) is 0 Å². The Morgan fingerprint density at radius 3 is 2.60 bits per heavy atom. The number of amides is 1. The molecule has 0 aliphatic carbocycles. The summed E-state index contributed by atoms with van der Waals surface area (Å²) in [6.45, 7) is 2.65. The van der Waals surface area contributed by atoms with E-state index in [2.05, 4.69) is 5.32 Å². The van der Waals surface area contributed by atoms with E-state index in [0.717, 1.165) is 11.1 Å². The van der Waals surface area contributed by atoms with Crippen molar-refractivity contribution in [1.82, 2.24) is 5.32 Å². The number of methoxy groups -OCH3 is 1. The van der Waals surface area contributed by atoms with Crippen LogP contribution in [0, 0.1) is 18.3 Å². The fourth-order valence-electron chi connectivity index (χ4n) is 2.19. The van der Waals surface area contributed by atoms with Crippen molar-refractivity contribution in [3.05, 3.63) is 58.1 Å². The van der Waals surface area contributed by atoms with Crippen LogP contribution in [0.4, 0.5) is 0 Å². The molecule has 130 valence electrons. The van der Waals surface area contributed by atoms with E-state index < -0.39 is 0 Å². The summed E-state index contributed by atoms with van der Waals surface area (Å²) in [4.78, 5) is 11.4. The zero-order valence-corrected chi connectivity index (χ0v) is 14.9. The Labute approximate surface area is 152 Å². The van der Waals surface area contributed by atoms with E-state index in [1.807, 2.05) is 31.2 Å². The number of nitriles is 1. The Balaban J connectivity index is 2.09. The van der Waals surface area contributed by atoms with Crippen molar-refractivity contribution in [1.29, 1.82) is 5.26 Å². The molecule has 2 rings (SSSR count). The summed E-state index contributed by atoms with van der Waals surface area (Å²) in [6, 6.07) is 13.3. The van der Waals surface area contributed by atoms with Gasteiger partial charge in [0.25, 0.3) is 0 Å². The van der Waals surface area contributed by atoms with Gasteiger partial charge >= 0.3 is 0 Å². The fourth-order valence-corrected chi connectivity index (χ4v) is 2.48. The summed E-state index contributed by atoms with van der Waals surface area (Å²) in [5, 5.41) is 11.5. The lowest BCUT2D eigenvalue weighted by molar-refractivity contribution is -0.120. The van der Waals surface area contributed by atoms with Gasteiger partial charge in [-0.15, -0.1) is 0 Å². The van der Waals surface area contributed by atoms with Crippen LogP contribution in [0.15, 0.2) is 36.4 Å². The van der Waals surface area contributed by atoms with Crippen molar-refractivity contribution in [2.24, 2.45) is 0 Å². The van der Waals surface area contributed by atoms with Crippen LogP contribution >= 0.6 is 11.6 Å². The van der Waals surface area contributed by atoms with Crippen LogP contribution in [0.5, 0.6) is 11.5 Å². The molecule has 0 unspecified atom stereocenters. The standard InChI is InChI=1S/C19H19ClN2O3/c1-13-3-5-14(6-4-13)12-25-19-16(20)9-15(10-17(19)24-2)11-22-18(23)7-8-21/h3-6,9-10H,7,11-12H2,1-2H3,(H,22,23). The van der Waals surface area contributed by atoms with Gasteiger partial charge in [-0.3, -0.25) is 4.79 Å². The molecule has 6 heteroatoms. The number of hydrogen-bond acceptors (Lipinski definition) is 4. The second kappa shape index (κ2) is 8.95. The number of carbonyl (C=O) groups excluding carboxylic acids is 1. The van der Waals surface area contributed by atoms with Gasteiger partial charge in [0.1, 0.15) is 13.0 Å². The molecule has 2 aromatic carbocycles. The third kappa shape index (κ3) is 5.40. The highest BCUT2D eigenvalue weighted by Crippen LogP contribution is 2.37. The van der Waals surface area contributed by atoms with Crippen molar-refractivity contribution in [3.8, 4) is 17.6 Å². The Morgan fingerprint density at radius 1 is 1.24 bits per heavy atom. The van der Waals surface area contributed by atoms with E-state index in [4.69, 9.17) is 26.3 Å². The second-order valence-electron chi connectivity index (χ2n) is 5.49. The third-order valence-corrected chi connectivity index (χ3v) is 3.80. The van der Waals surface area contributed by atoms with E-state index in [-0.39, 0.29) is 18.9 Å².